The summed E-state index contributed by atoms with van der Waals surface area (Å²) in [7, 11) is 1.84. The van der Waals surface area contributed by atoms with Crippen molar-refractivity contribution in [3.63, 3.8) is 0 Å². The Balaban J connectivity index is 1.42. The third-order valence-corrected chi connectivity index (χ3v) is 7.40. The van der Waals surface area contributed by atoms with Crippen LogP contribution in [0.1, 0.15) is 37.3 Å². The predicted molar refractivity (Wildman–Crippen MR) is 121 cm³/mol. The number of benzene rings is 1. The quantitative estimate of drug-likeness (QED) is 0.378. The Bertz CT molecular complexity index is 1160. The van der Waals surface area contributed by atoms with Crippen LogP contribution in [0.15, 0.2) is 40.7 Å². The number of aromatic nitrogens is 3. The van der Waals surface area contributed by atoms with Crippen LogP contribution in [0.2, 0.25) is 0 Å². The van der Waals surface area contributed by atoms with E-state index in [9.17, 15) is 4.79 Å². The third kappa shape index (κ3) is 4.39. The fourth-order valence-electron chi connectivity index (χ4n) is 3.14. The molecule has 3 aromatic heterocycles. The zero-order valence-corrected chi connectivity index (χ0v) is 19.2. The van der Waals surface area contributed by atoms with Crippen LogP contribution in [0, 0.1) is 20.8 Å². The molecule has 0 saturated heterocycles. The van der Waals surface area contributed by atoms with Crippen LogP contribution in [-0.4, -0.2) is 32.2 Å². The molecule has 0 atom stereocenters. The van der Waals surface area contributed by atoms with Crippen molar-refractivity contribution in [3.05, 3.63) is 68.4 Å². The number of aryl methyl sites for hydroxylation is 3. The standard InChI is InChI=1S/C21H22N4OS3/c1-13-9-25-19(14(2)22-21(25)29-13)10-24(4)20(26)16-5-7-18(8-6-16)28-12-17-11-27-15(3)23-17/h5-9,11H,10,12H2,1-4H3. The molecule has 0 radical (unpaired) electrons. The highest BCUT2D eigenvalue weighted by molar-refractivity contribution is 7.98. The number of amides is 1. The van der Waals surface area contributed by atoms with E-state index in [0.717, 1.165) is 37.7 Å². The lowest BCUT2D eigenvalue weighted by molar-refractivity contribution is 0.0783. The molecule has 0 aliphatic heterocycles. The molecule has 29 heavy (non-hydrogen) atoms. The maximum atomic E-state index is 12.9. The summed E-state index contributed by atoms with van der Waals surface area (Å²) in [4.78, 5) is 27.1. The van der Waals surface area contributed by atoms with E-state index in [4.69, 9.17) is 0 Å². The van der Waals surface area contributed by atoms with Gasteiger partial charge in [-0.15, -0.1) is 34.4 Å². The van der Waals surface area contributed by atoms with Gasteiger partial charge in [-0.25, -0.2) is 9.97 Å². The highest BCUT2D eigenvalue weighted by Gasteiger charge is 2.17. The van der Waals surface area contributed by atoms with Gasteiger partial charge in [0.2, 0.25) is 0 Å². The first kappa shape index (κ1) is 20.1. The van der Waals surface area contributed by atoms with E-state index in [0.29, 0.717) is 12.1 Å². The normalized spacial score (nSPS) is 11.3. The second-order valence-electron chi connectivity index (χ2n) is 6.97. The van der Waals surface area contributed by atoms with Gasteiger partial charge in [0.25, 0.3) is 5.91 Å². The number of thiazole rings is 2. The molecule has 0 aliphatic rings. The first-order chi connectivity index (χ1) is 13.9. The van der Waals surface area contributed by atoms with Crippen molar-refractivity contribution in [1.82, 2.24) is 19.3 Å². The van der Waals surface area contributed by atoms with Crippen molar-refractivity contribution >= 4 is 45.3 Å². The maximum Gasteiger partial charge on any atom is 0.253 e. The van der Waals surface area contributed by atoms with Gasteiger partial charge in [-0.1, -0.05) is 0 Å². The Hall–Kier alpha value is -2.16. The van der Waals surface area contributed by atoms with Gasteiger partial charge in [0, 0.05) is 39.7 Å². The molecule has 150 valence electrons. The van der Waals surface area contributed by atoms with Gasteiger partial charge >= 0.3 is 0 Å². The zero-order chi connectivity index (χ0) is 20.5. The minimum Gasteiger partial charge on any atom is -0.336 e. The lowest BCUT2D eigenvalue weighted by Gasteiger charge is -2.17. The number of carbonyl (C=O) groups is 1. The van der Waals surface area contributed by atoms with Gasteiger partial charge in [-0.2, -0.15) is 0 Å². The maximum absolute atomic E-state index is 12.9. The zero-order valence-electron chi connectivity index (χ0n) is 16.8. The smallest absolute Gasteiger partial charge is 0.253 e. The molecule has 5 nitrogen and oxygen atoms in total. The van der Waals surface area contributed by atoms with Crippen molar-refractivity contribution in [2.75, 3.05) is 7.05 Å². The molecule has 0 saturated carbocycles. The van der Waals surface area contributed by atoms with Crippen LogP contribution in [0.5, 0.6) is 0 Å². The Kier molecular flexibility index (Phi) is 5.76. The van der Waals surface area contributed by atoms with E-state index in [1.165, 1.54) is 4.88 Å². The summed E-state index contributed by atoms with van der Waals surface area (Å²) in [6.07, 6.45) is 2.09. The number of imidazole rings is 1. The molecule has 0 aliphatic carbocycles. The van der Waals surface area contributed by atoms with Gasteiger partial charge in [-0.05, 0) is 45.0 Å². The number of hydrogen-bond donors (Lipinski definition) is 0. The summed E-state index contributed by atoms with van der Waals surface area (Å²) >= 11 is 5.07. The fourth-order valence-corrected chi connectivity index (χ4v) is 5.54. The summed E-state index contributed by atoms with van der Waals surface area (Å²) in [6.45, 7) is 6.62. The number of nitrogens with zero attached hydrogens (tertiary/aromatic N) is 4. The van der Waals surface area contributed by atoms with Crippen LogP contribution in [0.25, 0.3) is 4.96 Å². The van der Waals surface area contributed by atoms with Crippen molar-refractivity contribution in [2.24, 2.45) is 0 Å². The molecule has 1 aromatic carbocycles. The van der Waals surface area contributed by atoms with Crippen LogP contribution < -0.4 is 0 Å². The van der Waals surface area contributed by atoms with Crippen LogP contribution in [0.4, 0.5) is 0 Å². The molecule has 0 fully saturated rings. The lowest BCUT2D eigenvalue weighted by Crippen LogP contribution is -2.27. The van der Waals surface area contributed by atoms with Crippen molar-refractivity contribution in [3.8, 4) is 0 Å². The van der Waals surface area contributed by atoms with Gasteiger partial charge < -0.3 is 4.90 Å². The second kappa shape index (κ2) is 8.30. The first-order valence-corrected chi connectivity index (χ1v) is 11.9. The average molecular weight is 443 g/mol. The molecular weight excluding hydrogens is 420 g/mol. The first-order valence-electron chi connectivity index (χ1n) is 9.24. The predicted octanol–water partition coefficient (Wildman–Crippen LogP) is 5.34. The third-order valence-electron chi connectivity index (χ3n) is 4.63. The molecule has 8 heteroatoms. The number of hydrogen-bond acceptors (Lipinski definition) is 6. The Labute approximate surface area is 182 Å². The minimum atomic E-state index is 0.0120. The molecule has 4 aromatic rings. The van der Waals surface area contributed by atoms with Crippen LogP contribution >= 0.6 is 34.4 Å². The lowest BCUT2D eigenvalue weighted by atomic mass is 10.2. The number of thioether (sulfide) groups is 1. The largest absolute Gasteiger partial charge is 0.336 e. The molecule has 0 N–H and O–H groups in total. The highest BCUT2D eigenvalue weighted by Crippen LogP contribution is 2.25. The minimum absolute atomic E-state index is 0.0120. The number of carbonyl (C=O) groups excluding carboxylic acids is 1. The van der Waals surface area contributed by atoms with Crippen molar-refractivity contribution in [2.45, 2.75) is 38.0 Å². The number of fused-ring (bicyclic) bond motifs is 1. The molecule has 4 rings (SSSR count). The summed E-state index contributed by atoms with van der Waals surface area (Å²) in [5, 5.41) is 3.19. The summed E-state index contributed by atoms with van der Waals surface area (Å²) in [5.74, 6) is 0.853. The van der Waals surface area contributed by atoms with E-state index in [1.807, 2.05) is 45.2 Å². The summed E-state index contributed by atoms with van der Waals surface area (Å²) in [5.41, 5.74) is 3.83. The molecule has 0 spiro atoms. The van der Waals surface area contributed by atoms with Gasteiger partial charge in [-0.3, -0.25) is 9.20 Å². The summed E-state index contributed by atoms with van der Waals surface area (Å²) < 4.78 is 2.10. The van der Waals surface area contributed by atoms with Gasteiger partial charge in [0.15, 0.2) is 4.96 Å². The van der Waals surface area contributed by atoms with E-state index in [-0.39, 0.29) is 5.91 Å². The Morgan fingerprint density at radius 3 is 2.62 bits per heavy atom. The molecule has 0 bridgehead atoms. The van der Waals surface area contributed by atoms with Gasteiger partial charge in [0.1, 0.15) is 0 Å². The SMILES string of the molecule is Cc1cn2c(CN(C)C(=O)c3ccc(SCc4csc(C)n4)cc3)c(C)nc2s1. The highest BCUT2D eigenvalue weighted by atomic mass is 32.2. The van der Waals surface area contributed by atoms with Crippen molar-refractivity contribution < 1.29 is 4.79 Å². The Morgan fingerprint density at radius 2 is 1.93 bits per heavy atom. The van der Waals surface area contributed by atoms with Crippen LogP contribution in [0.3, 0.4) is 0 Å². The van der Waals surface area contributed by atoms with E-state index in [1.54, 1.807) is 39.3 Å². The fraction of sp³-hybridized carbons (Fsp3) is 0.286. The monoisotopic (exact) mass is 442 g/mol. The van der Waals surface area contributed by atoms with Gasteiger partial charge in [0.05, 0.1) is 28.6 Å². The average Bonchev–Trinajstić information content (AvgIpc) is 3.35. The van der Waals surface area contributed by atoms with E-state index in [2.05, 4.69) is 32.9 Å². The van der Waals surface area contributed by atoms with E-state index < -0.39 is 0 Å². The summed E-state index contributed by atoms with van der Waals surface area (Å²) in [6, 6.07) is 7.83. The van der Waals surface area contributed by atoms with Crippen molar-refractivity contribution in [1.29, 1.82) is 0 Å². The molecule has 1 amide bonds. The Morgan fingerprint density at radius 1 is 1.17 bits per heavy atom. The topological polar surface area (TPSA) is 50.5 Å². The number of rotatable bonds is 6. The second-order valence-corrected chi connectivity index (χ2v) is 10.3. The molecule has 3 heterocycles. The van der Waals surface area contributed by atoms with Crippen LogP contribution in [-0.2, 0) is 12.3 Å². The van der Waals surface area contributed by atoms with E-state index >= 15 is 0 Å². The molecule has 0 unspecified atom stereocenters. The molecular formula is C21H22N4OS3.